The van der Waals surface area contributed by atoms with Crippen LogP contribution in [-0.2, 0) is 13.0 Å². The van der Waals surface area contributed by atoms with Crippen molar-refractivity contribution in [3.63, 3.8) is 0 Å². The second kappa shape index (κ2) is 9.95. The minimum atomic E-state index is -0.104. The van der Waals surface area contributed by atoms with Crippen molar-refractivity contribution in [3.05, 3.63) is 82.9 Å². The first-order valence-electron chi connectivity index (χ1n) is 12.1. The fourth-order valence-corrected chi connectivity index (χ4v) is 4.86. The first-order valence-corrected chi connectivity index (χ1v) is 12.1. The van der Waals surface area contributed by atoms with Gasteiger partial charge >= 0.3 is 0 Å². The molecule has 34 heavy (non-hydrogen) atoms. The summed E-state index contributed by atoms with van der Waals surface area (Å²) < 4.78 is 17.8. The van der Waals surface area contributed by atoms with Crippen LogP contribution in [0.1, 0.15) is 54.5 Å². The van der Waals surface area contributed by atoms with Gasteiger partial charge in [0.25, 0.3) is 0 Å². The number of benzene rings is 3. The third-order valence-corrected chi connectivity index (χ3v) is 6.68. The van der Waals surface area contributed by atoms with E-state index in [0.29, 0.717) is 19.8 Å². The zero-order valence-electron chi connectivity index (χ0n) is 19.7. The van der Waals surface area contributed by atoms with Crippen molar-refractivity contribution >= 4 is 0 Å². The number of hydrazine groups is 1. The van der Waals surface area contributed by atoms with E-state index in [2.05, 4.69) is 42.9 Å². The van der Waals surface area contributed by atoms with Crippen LogP contribution in [0.25, 0.3) is 0 Å². The van der Waals surface area contributed by atoms with Crippen LogP contribution in [0.15, 0.2) is 60.7 Å². The summed E-state index contributed by atoms with van der Waals surface area (Å²) in [5.41, 5.74) is 10.9. The third-order valence-electron chi connectivity index (χ3n) is 6.68. The van der Waals surface area contributed by atoms with Gasteiger partial charge in [-0.05, 0) is 48.2 Å². The molecule has 2 aliphatic rings. The number of hydrogen-bond donors (Lipinski definition) is 3. The van der Waals surface area contributed by atoms with Crippen molar-refractivity contribution in [1.29, 1.82) is 0 Å². The van der Waals surface area contributed by atoms with E-state index in [1.54, 1.807) is 6.07 Å². The Labute approximate surface area is 200 Å². The SMILES string of the molecule is CCc1cc(C2NNC(C)C2c2ccc3c(c2)OCCCO3)c(O)cc1OCc1ccccc1. The standard InChI is InChI=1S/C28H32N2O4/c1-3-20-14-22(23(31)16-25(20)34-17-19-8-5-4-6-9-19)28-27(18(2)29-30-28)21-10-11-24-26(15-21)33-13-7-12-32-24/h4-6,8-11,14-16,18,27-31H,3,7,12-13,17H2,1-2H3. The predicted octanol–water partition coefficient (Wildman–Crippen LogP) is 5.02. The number of nitrogens with one attached hydrogen (secondary N) is 2. The third kappa shape index (κ3) is 4.56. The minimum absolute atomic E-state index is 0.101. The molecule has 178 valence electrons. The summed E-state index contributed by atoms with van der Waals surface area (Å²) in [5.74, 6) is 2.63. The van der Waals surface area contributed by atoms with Crippen LogP contribution in [-0.4, -0.2) is 24.4 Å². The first kappa shape index (κ1) is 22.6. The van der Waals surface area contributed by atoms with Gasteiger partial charge in [-0.1, -0.05) is 43.3 Å². The molecule has 0 aromatic heterocycles. The van der Waals surface area contributed by atoms with E-state index < -0.39 is 0 Å². The summed E-state index contributed by atoms with van der Waals surface area (Å²) in [7, 11) is 0. The lowest BCUT2D eigenvalue weighted by Gasteiger charge is -2.24. The summed E-state index contributed by atoms with van der Waals surface area (Å²) in [6, 6.07) is 20.1. The fraction of sp³-hybridized carbons (Fsp3) is 0.357. The Morgan fingerprint density at radius 3 is 2.56 bits per heavy atom. The van der Waals surface area contributed by atoms with Gasteiger partial charge in [0.2, 0.25) is 0 Å². The number of aromatic hydroxyl groups is 1. The van der Waals surface area contributed by atoms with Crippen molar-refractivity contribution in [2.45, 2.75) is 51.3 Å². The van der Waals surface area contributed by atoms with Gasteiger partial charge in [-0.25, -0.2) is 5.43 Å². The highest BCUT2D eigenvalue weighted by Gasteiger charge is 2.37. The largest absolute Gasteiger partial charge is 0.507 e. The van der Waals surface area contributed by atoms with Gasteiger partial charge in [0.05, 0.1) is 19.3 Å². The summed E-state index contributed by atoms with van der Waals surface area (Å²) in [4.78, 5) is 0. The van der Waals surface area contributed by atoms with Gasteiger partial charge in [-0.3, -0.25) is 5.43 Å². The zero-order chi connectivity index (χ0) is 23.5. The van der Waals surface area contributed by atoms with Gasteiger partial charge in [-0.15, -0.1) is 0 Å². The number of rotatable bonds is 6. The normalized spacial score (nSPS) is 21.8. The average molecular weight is 461 g/mol. The second-order valence-electron chi connectivity index (χ2n) is 8.98. The van der Waals surface area contributed by atoms with Crippen molar-refractivity contribution < 1.29 is 19.3 Å². The Hall–Kier alpha value is -3.22. The monoisotopic (exact) mass is 460 g/mol. The van der Waals surface area contributed by atoms with Crippen molar-refractivity contribution in [1.82, 2.24) is 10.9 Å². The van der Waals surface area contributed by atoms with Crippen molar-refractivity contribution in [3.8, 4) is 23.0 Å². The Kier molecular flexibility index (Phi) is 6.61. The molecule has 3 aromatic rings. The quantitative estimate of drug-likeness (QED) is 0.480. The fourth-order valence-electron chi connectivity index (χ4n) is 4.86. The van der Waals surface area contributed by atoms with Gasteiger partial charge < -0.3 is 19.3 Å². The minimum Gasteiger partial charge on any atom is -0.507 e. The molecule has 3 unspecified atom stereocenters. The highest BCUT2D eigenvalue weighted by molar-refractivity contribution is 5.50. The van der Waals surface area contributed by atoms with Crippen molar-refractivity contribution in [2.75, 3.05) is 13.2 Å². The molecule has 1 saturated heterocycles. The molecular weight excluding hydrogens is 428 g/mol. The van der Waals surface area contributed by atoms with Crippen LogP contribution < -0.4 is 25.1 Å². The Bertz CT molecular complexity index is 1130. The number of ether oxygens (including phenoxy) is 3. The molecule has 6 heteroatoms. The molecule has 5 rings (SSSR count). The molecule has 2 heterocycles. The smallest absolute Gasteiger partial charge is 0.161 e. The van der Waals surface area contributed by atoms with E-state index in [9.17, 15) is 5.11 Å². The lowest BCUT2D eigenvalue weighted by molar-refractivity contribution is 0.297. The van der Waals surface area contributed by atoms with Crippen LogP contribution in [0.4, 0.5) is 0 Å². The lowest BCUT2D eigenvalue weighted by Crippen LogP contribution is -2.29. The average Bonchev–Trinajstić information content (AvgIpc) is 3.08. The zero-order valence-corrected chi connectivity index (χ0v) is 19.7. The van der Waals surface area contributed by atoms with Gasteiger partial charge in [-0.2, -0.15) is 0 Å². The maximum atomic E-state index is 11.1. The van der Waals surface area contributed by atoms with E-state index in [1.165, 1.54) is 0 Å². The number of aryl methyl sites for hydroxylation is 1. The molecule has 0 aliphatic carbocycles. The van der Waals surface area contributed by atoms with E-state index in [4.69, 9.17) is 14.2 Å². The van der Waals surface area contributed by atoms with Crippen LogP contribution in [0.5, 0.6) is 23.0 Å². The van der Waals surface area contributed by atoms with Gasteiger partial charge in [0, 0.05) is 30.0 Å². The Morgan fingerprint density at radius 1 is 0.971 bits per heavy atom. The molecule has 0 amide bonds. The van der Waals surface area contributed by atoms with E-state index in [0.717, 1.165) is 52.3 Å². The van der Waals surface area contributed by atoms with Crippen LogP contribution >= 0.6 is 0 Å². The predicted molar refractivity (Wildman–Crippen MR) is 132 cm³/mol. The van der Waals surface area contributed by atoms with Gasteiger partial charge in [0.1, 0.15) is 18.1 Å². The Morgan fingerprint density at radius 2 is 1.76 bits per heavy atom. The second-order valence-corrected chi connectivity index (χ2v) is 8.98. The summed E-state index contributed by atoms with van der Waals surface area (Å²) in [6.07, 6.45) is 1.68. The summed E-state index contributed by atoms with van der Waals surface area (Å²) in [5, 5.41) is 11.1. The van der Waals surface area contributed by atoms with Crippen LogP contribution in [0, 0.1) is 0 Å². The van der Waals surface area contributed by atoms with Gasteiger partial charge in [0.15, 0.2) is 11.5 Å². The lowest BCUT2D eigenvalue weighted by atomic mass is 9.83. The molecule has 1 fully saturated rings. The number of phenols is 1. The van der Waals surface area contributed by atoms with Crippen molar-refractivity contribution in [2.24, 2.45) is 0 Å². The van der Waals surface area contributed by atoms with E-state index in [-0.39, 0.29) is 23.8 Å². The molecular formula is C28H32N2O4. The van der Waals surface area contributed by atoms with E-state index >= 15 is 0 Å². The molecule has 0 bridgehead atoms. The molecule has 0 saturated carbocycles. The van der Waals surface area contributed by atoms with Crippen LogP contribution in [0.2, 0.25) is 0 Å². The highest BCUT2D eigenvalue weighted by atomic mass is 16.5. The molecule has 0 spiro atoms. The molecule has 2 aliphatic heterocycles. The number of hydrogen-bond acceptors (Lipinski definition) is 6. The maximum absolute atomic E-state index is 11.1. The highest BCUT2D eigenvalue weighted by Crippen LogP contribution is 2.44. The molecule has 0 radical (unpaired) electrons. The molecule has 3 atom stereocenters. The van der Waals surface area contributed by atoms with E-state index in [1.807, 2.05) is 36.4 Å². The maximum Gasteiger partial charge on any atom is 0.161 e. The summed E-state index contributed by atoms with van der Waals surface area (Å²) >= 11 is 0. The number of fused-ring (bicyclic) bond motifs is 1. The molecule has 3 aromatic carbocycles. The van der Waals surface area contributed by atoms with Crippen LogP contribution in [0.3, 0.4) is 0 Å². The molecule has 6 nitrogen and oxygen atoms in total. The topological polar surface area (TPSA) is 72.0 Å². The molecule has 3 N–H and O–H groups in total. The summed E-state index contributed by atoms with van der Waals surface area (Å²) in [6.45, 7) is 6.05. The first-order chi connectivity index (χ1) is 16.6. The Balaban J connectivity index is 1.43. The number of phenolic OH excluding ortho intramolecular Hbond substituents is 1.